The second kappa shape index (κ2) is 6.36. The van der Waals surface area contributed by atoms with Crippen molar-refractivity contribution in [2.45, 2.75) is 33.4 Å². The first-order chi connectivity index (χ1) is 9.09. The maximum absolute atomic E-state index is 3.61. The molecule has 2 aromatic rings. The van der Waals surface area contributed by atoms with Gasteiger partial charge in [0.1, 0.15) is 0 Å². The van der Waals surface area contributed by atoms with Gasteiger partial charge in [-0.2, -0.15) is 0 Å². The van der Waals surface area contributed by atoms with E-state index in [2.05, 4.69) is 78.4 Å². The Hall–Kier alpha value is -1.12. The number of benzene rings is 2. The Bertz CT molecular complexity index is 543. The lowest BCUT2D eigenvalue weighted by Gasteiger charge is -2.18. The molecule has 0 heterocycles. The van der Waals surface area contributed by atoms with Gasteiger partial charge in [-0.3, -0.25) is 0 Å². The minimum absolute atomic E-state index is 0.328. The molecule has 0 fully saturated rings. The average molecular weight is 318 g/mol. The fourth-order valence-corrected chi connectivity index (χ4v) is 2.95. The summed E-state index contributed by atoms with van der Waals surface area (Å²) < 4.78 is 1.16. The fourth-order valence-electron chi connectivity index (χ4n) is 2.32. The van der Waals surface area contributed by atoms with Gasteiger partial charge in [0.15, 0.2) is 0 Å². The van der Waals surface area contributed by atoms with Gasteiger partial charge < -0.3 is 5.32 Å². The van der Waals surface area contributed by atoms with Crippen LogP contribution in [0.5, 0.6) is 0 Å². The van der Waals surface area contributed by atoms with Gasteiger partial charge in [-0.1, -0.05) is 52.3 Å². The number of rotatable bonds is 4. The van der Waals surface area contributed by atoms with Crippen molar-refractivity contribution >= 4 is 15.9 Å². The highest BCUT2D eigenvalue weighted by atomic mass is 79.9. The largest absolute Gasteiger partial charge is 0.306 e. The normalized spacial score (nSPS) is 12.4. The zero-order valence-corrected chi connectivity index (χ0v) is 13.3. The molecule has 19 heavy (non-hydrogen) atoms. The van der Waals surface area contributed by atoms with Crippen LogP contribution in [0.4, 0.5) is 0 Å². The van der Waals surface area contributed by atoms with Gasteiger partial charge >= 0.3 is 0 Å². The molecular formula is C17H20BrN. The van der Waals surface area contributed by atoms with Crippen LogP contribution >= 0.6 is 15.9 Å². The van der Waals surface area contributed by atoms with Crippen molar-refractivity contribution in [2.75, 3.05) is 0 Å². The zero-order chi connectivity index (χ0) is 13.8. The van der Waals surface area contributed by atoms with E-state index in [0.29, 0.717) is 6.04 Å². The molecule has 1 atom stereocenters. The second-order valence-corrected chi connectivity index (χ2v) is 5.85. The van der Waals surface area contributed by atoms with Crippen LogP contribution in [0.15, 0.2) is 46.9 Å². The predicted molar refractivity (Wildman–Crippen MR) is 85.3 cm³/mol. The third kappa shape index (κ3) is 3.46. The molecule has 2 aromatic carbocycles. The summed E-state index contributed by atoms with van der Waals surface area (Å²) in [5.74, 6) is 0. The maximum atomic E-state index is 3.61. The molecule has 2 rings (SSSR count). The van der Waals surface area contributed by atoms with Gasteiger partial charge in [-0.15, -0.1) is 0 Å². The number of hydrogen-bond donors (Lipinski definition) is 1. The summed E-state index contributed by atoms with van der Waals surface area (Å²) >= 11 is 3.61. The van der Waals surface area contributed by atoms with Crippen molar-refractivity contribution in [1.82, 2.24) is 5.32 Å². The van der Waals surface area contributed by atoms with Gasteiger partial charge in [0.2, 0.25) is 0 Å². The first-order valence-electron chi connectivity index (χ1n) is 6.62. The lowest BCUT2D eigenvalue weighted by atomic mass is 10.0. The van der Waals surface area contributed by atoms with Crippen molar-refractivity contribution in [2.24, 2.45) is 0 Å². The topological polar surface area (TPSA) is 12.0 Å². The highest BCUT2D eigenvalue weighted by Gasteiger charge is 2.09. The first kappa shape index (κ1) is 14.3. The Morgan fingerprint density at radius 1 is 1.00 bits per heavy atom. The molecule has 0 amide bonds. The van der Waals surface area contributed by atoms with Crippen LogP contribution in [0.2, 0.25) is 0 Å². The van der Waals surface area contributed by atoms with Crippen LogP contribution < -0.4 is 5.32 Å². The third-order valence-electron chi connectivity index (χ3n) is 3.60. The maximum Gasteiger partial charge on any atom is 0.0306 e. The van der Waals surface area contributed by atoms with Gasteiger partial charge in [0, 0.05) is 17.1 Å². The number of nitrogens with one attached hydrogen (secondary N) is 1. The smallest absolute Gasteiger partial charge is 0.0306 e. The standard InChI is InChI=1S/C17H20BrN/c1-12-7-6-8-13(2)16(12)11-19-14(3)15-9-4-5-10-17(15)18/h4-10,14,19H,11H2,1-3H3/t14-/m0/s1. The van der Waals surface area contributed by atoms with Crippen molar-refractivity contribution in [3.8, 4) is 0 Å². The minimum atomic E-state index is 0.328. The van der Waals surface area contributed by atoms with Crippen molar-refractivity contribution < 1.29 is 0 Å². The Morgan fingerprint density at radius 2 is 1.63 bits per heavy atom. The van der Waals surface area contributed by atoms with Gasteiger partial charge in [0.25, 0.3) is 0 Å². The highest BCUT2D eigenvalue weighted by molar-refractivity contribution is 9.10. The van der Waals surface area contributed by atoms with Gasteiger partial charge in [-0.25, -0.2) is 0 Å². The molecule has 0 aliphatic carbocycles. The van der Waals surface area contributed by atoms with Crippen molar-refractivity contribution in [3.63, 3.8) is 0 Å². The molecule has 2 heteroatoms. The lowest BCUT2D eigenvalue weighted by molar-refractivity contribution is 0.570. The molecule has 0 saturated carbocycles. The molecule has 0 aliphatic rings. The molecule has 1 nitrogen and oxygen atoms in total. The number of halogens is 1. The summed E-state index contributed by atoms with van der Waals surface area (Å²) in [6.07, 6.45) is 0. The van der Waals surface area contributed by atoms with E-state index < -0.39 is 0 Å². The molecule has 0 aromatic heterocycles. The first-order valence-corrected chi connectivity index (χ1v) is 7.42. The van der Waals surface area contributed by atoms with Crippen LogP contribution in [0.3, 0.4) is 0 Å². The van der Waals surface area contributed by atoms with E-state index in [1.807, 2.05) is 6.07 Å². The van der Waals surface area contributed by atoms with Crippen LogP contribution in [-0.2, 0) is 6.54 Å². The number of hydrogen-bond acceptors (Lipinski definition) is 1. The van der Waals surface area contributed by atoms with E-state index in [4.69, 9.17) is 0 Å². The SMILES string of the molecule is Cc1cccc(C)c1CN[C@@H](C)c1ccccc1Br. The van der Waals surface area contributed by atoms with E-state index >= 15 is 0 Å². The van der Waals surface area contributed by atoms with E-state index in [0.717, 1.165) is 11.0 Å². The minimum Gasteiger partial charge on any atom is -0.306 e. The fraction of sp³-hybridized carbons (Fsp3) is 0.294. The summed E-state index contributed by atoms with van der Waals surface area (Å²) in [6.45, 7) is 7.45. The molecule has 1 N–H and O–H groups in total. The molecule has 0 unspecified atom stereocenters. The summed E-state index contributed by atoms with van der Waals surface area (Å²) in [5.41, 5.74) is 5.41. The third-order valence-corrected chi connectivity index (χ3v) is 4.32. The molecule has 0 aliphatic heterocycles. The summed E-state index contributed by atoms with van der Waals surface area (Å²) in [6, 6.07) is 15.2. The van der Waals surface area contributed by atoms with Gasteiger partial charge in [-0.05, 0) is 49.1 Å². The van der Waals surface area contributed by atoms with E-state index in [1.54, 1.807) is 0 Å². The quantitative estimate of drug-likeness (QED) is 0.844. The summed E-state index contributed by atoms with van der Waals surface area (Å²) in [7, 11) is 0. The monoisotopic (exact) mass is 317 g/mol. The van der Waals surface area contributed by atoms with E-state index in [9.17, 15) is 0 Å². The summed E-state index contributed by atoms with van der Waals surface area (Å²) in [4.78, 5) is 0. The summed E-state index contributed by atoms with van der Waals surface area (Å²) in [5, 5.41) is 3.61. The van der Waals surface area contributed by atoms with Crippen molar-refractivity contribution in [1.29, 1.82) is 0 Å². The molecule has 0 spiro atoms. The molecule has 0 bridgehead atoms. The Labute approximate surface area is 124 Å². The van der Waals surface area contributed by atoms with E-state index in [1.165, 1.54) is 22.3 Å². The second-order valence-electron chi connectivity index (χ2n) is 4.99. The zero-order valence-electron chi connectivity index (χ0n) is 11.7. The van der Waals surface area contributed by atoms with Crippen molar-refractivity contribution in [3.05, 3.63) is 69.2 Å². The highest BCUT2D eigenvalue weighted by Crippen LogP contribution is 2.23. The predicted octanol–water partition coefficient (Wildman–Crippen LogP) is 4.92. The Kier molecular flexibility index (Phi) is 4.78. The number of aryl methyl sites for hydroxylation is 2. The van der Waals surface area contributed by atoms with E-state index in [-0.39, 0.29) is 0 Å². The average Bonchev–Trinajstić information content (AvgIpc) is 2.38. The Morgan fingerprint density at radius 3 is 2.26 bits per heavy atom. The molecular weight excluding hydrogens is 298 g/mol. The Balaban J connectivity index is 2.09. The molecule has 0 saturated heterocycles. The van der Waals surface area contributed by atoms with Crippen LogP contribution in [0.25, 0.3) is 0 Å². The van der Waals surface area contributed by atoms with Crippen LogP contribution in [0, 0.1) is 13.8 Å². The van der Waals surface area contributed by atoms with Gasteiger partial charge in [0.05, 0.1) is 0 Å². The molecule has 0 radical (unpaired) electrons. The van der Waals surface area contributed by atoms with Crippen LogP contribution in [0.1, 0.15) is 35.2 Å². The molecule has 100 valence electrons. The van der Waals surface area contributed by atoms with Crippen LogP contribution in [-0.4, -0.2) is 0 Å². The lowest BCUT2D eigenvalue weighted by Crippen LogP contribution is -2.19.